The lowest BCUT2D eigenvalue weighted by molar-refractivity contribution is 0.103. The molecule has 0 fully saturated rings. The number of halogens is 2. The van der Waals surface area contributed by atoms with Gasteiger partial charge in [-0.05, 0) is 12.0 Å². The number of carbonyl (C=O) groups excluding carboxylic acids is 1. The van der Waals surface area contributed by atoms with Crippen LogP contribution in [0.3, 0.4) is 0 Å². The van der Waals surface area contributed by atoms with Crippen molar-refractivity contribution in [1.82, 2.24) is 15.2 Å². The van der Waals surface area contributed by atoms with E-state index in [0.717, 1.165) is 18.5 Å². The first-order chi connectivity index (χ1) is 9.90. The van der Waals surface area contributed by atoms with Crippen molar-refractivity contribution in [2.75, 3.05) is 6.54 Å². The zero-order valence-electron chi connectivity index (χ0n) is 12.6. The number of aromatic nitrogens is 1. The van der Waals surface area contributed by atoms with Gasteiger partial charge in [0, 0.05) is 19.3 Å². The standard InChI is InChI=1S/C14H23Cl2N3O2/c1-4-9(5-2)12(20)8-18-14(21)17-7-10-6-11(15)13(16)19(10)3/h6,9,12,20H,4-5,7-8H2,1-3H3,(H2,17,18,21). The highest BCUT2D eigenvalue weighted by molar-refractivity contribution is 6.41. The molecule has 1 unspecified atom stereocenters. The molecule has 0 saturated heterocycles. The van der Waals surface area contributed by atoms with Gasteiger partial charge in [-0.3, -0.25) is 0 Å². The first-order valence-electron chi connectivity index (χ1n) is 7.10. The van der Waals surface area contributed by atoms with Gasteiger partial charge in [0.15, 0.2) is 0 Å². The molecule has 5 nitrogen and oxygen atoms in total. The number of aliphatic hydroxyl groups is 1. The molecule has 0 aliphatic rings. The number of rotatable bonds is 7. The predicted molar refractivity (Wildman–Crippen MR) is 85.8 cm³/mol. The van der Waals surface area contributed by atoms with Crippen LogP contribution in [0.25, 0.3) is 0 Å². The maximum atomic E-state index is 11.7. The third-order valence-electron chi connectivity index (χ3n) is 3.71. The molecule has 0 aliphatic carbocycles. The maximum Gasteiger partial charge on any atom is 0.315 e. The van der Waals surface area contributed by atoms with Crippen LogP contribution in [0.4, 0.5) is 4.79 Å². The molecular weight excluding hydrogens is 313 g/mol. The van der Waals surface area contributed by atoms with Crippen molar-refractivity contribution in [1.29, 1.82) is 0 Å². The molecule has 0 aliphatic heterocycles. The van der Waals surface area contributed by atoms with E-state index in [1.807, 2.05) is 13.8 Å². The number of urea groups is 1. The van der Waals surface area contributed by atoms with E-state index in [1.165, 1.54) is 0 Å². The Hall–Kier alpha value is -0.910. The molecule has 21 heavy (non-hydrogen) atoms. The molecule has 1 aromatic heterocycles. The number of amides is 2. The van der Waals surface area contributed by atoms with Gasteiger partial charge in [0.25, 0.3) is 0 Å². The van der Waals surface area contributed by atoms with E-state index in [2.05, 4.69) is 10.6 Å². The normalized spacial score (nSPS) is 12.5. The quantitative estimate of drug-likeness (QED) is 0.717. The van der Waals surface area contributed by atoms with Crippen molar-refractivity contribution in [3.8, 4) is 0 Å². The molecule has 7 heteroatoms. The average Bonchev–Trinajstić information content (AvgIpc) is 2.71. The number of hydrogen-bond acceptors (Lipinski definition) is 2. The SMILES string of the molecule is CCC(CC)C(O)CNC(=O)NCc1cc(Cl)c(Cl)n1C. The first kappa shape index (κ1) is 18.1. The summed E-state index contributed by atoms with van der Waals surface area (Å²) in [5.74, 6) is 0.204. The lowest BCUT2D eigenvalue weighted by atomic mass is 9.97. The summed E-state index contributed by atoms with van der Waals surface area (Å²) in [6.45, 7) is 4.61. The minimum Gasteiger partial charge on any atom is -0.391 e. The Morgan fingerprint density at radius 3 is 2.43 bits per heavy atom. The lowest BCUT2D eigenvalue weighted by Crippen LogP contribution is -2.41. The first-order valence-corrected chi connectivity index (χ1v) is 7.85. The van der Waals surface area contributed by atoms with Gasteiger partial charge in [0.2, 0.25) is 0 Å². The largest absolute Gasteiger partial charge is 0.391 e. The van der Waals surface area contributed by atoms with Gasteiger partial charge in [0.1, 0.15) is 5.15 Å². The van der Waals surface area contributed by atoms with Gasteiger partial charge in [-0.25, -0.2) is 4.79 Å². The summed E-state index contributed by atoms with van der Waals surface area (Å²) < 4.78 is 1.71. The molecule has 0 aromatic carbocycles. The van der Waals surface area contributed by atoms with Crippen LogP contribution in [-0.2, 0) is 13.6 Å². The van der Waals surface area contributed by atoms with Gasteiger partial charge in [-0.2, -0.15) is 0 Å². The fourth-order valence-corrected chi connectivity index (χ4v) is 2.60. The molecule has 0 bridgehead atoms. The predicted octanol–water partition coefficient (Wildman–Crippen LogP) is 2.93. The Morgan fingerprint density at radius 2 is 1.95 bits per heavy atom. The minimum absolute atomic E-state index is 0.204. The Balaban J connectivity index is 2.39. The Kier molecular flexibility index (Phi) is 7.35. The lowest BCUT2D eigenvalue weighted by Gasteiger charge is -2.20. The molecule has 1 atom stereocenters. The molecular formula is C14H23Cl2N3O2. The molecule has 1 rings (SSSR count). The van der Waals surface area contributed by atoms with Gasteiger partial charge < -0.3 is 20.3 Å². The summed E-state index contributed by atoms with van der Waals surface area (Å²) in [4.78, 5) is 11.7. The van der Waals surface area contributed by atoms with Gasteiger partial charge in [-0.1, -0.05) is 49.9 Å². The zero-order valence-corrected chi connectivity index (χ0v) is 14.1. The van der Waals surface area contributed by atoms with Crippen LogP contribution in [0.1, 0.15) is 32.4 Å². The van der Waals surface area contributed by atoms with Crippen LogP contribution < -0.4 is 10.6 Å². The van der Waals surface area contributed by atoms with Crippen molar-refractivity contribution in [2.45, 2.75) is 39.3 Å². The second kappa shape index (κ2) is 8.51. The average molecular weight is 336 g/mol. The Bertz CT molecular complexity index is 473. The molecule has 0 saturated carbocycles. The van der Waals surface area contributed by atoms with Crippen LogP contribution in [0.15, 0.2) is 6.07 Å². The number of hydrogen-bond donors (Lipinski definition) is 3. The van der Waals surface area contributed by atoms with Crippen molar-refractivity contribution < 1.29 is 9.90 Å². The summed E-state index contributed by atoms with van der Waals surface area (Å²) in [6, 6.07) is 1.39. The third kappa shape index (κ3) is 5.09. The summed E-state index contributed by atoms with van der Waals surface area (Å²) in [7, 11) is 1.78. The second-order valence-corrected chi connectivity index (χ2v) is 5.81. The number of aliphatic hydroxyl groups excluding tert-OH is 1. The van der Waals surface area contributed by atoms with Crippen LogP contribution in [0, 0.1) is 5.92 Å². The van der Waals surface area contributed by atoms with Crippen molar-refractivity contribution in [2.24, 2.45) is 13.0 Å². The number of nitrogens with zero attached hydrogens (tertiary/aromatic N) is 1. The Labute approximate surface area is 135 Å². The highest BCUT2D eigenvalue weighted by Crippen LogP contribution is 2.24. The van der Waals surface area contributed by atoms with Gasteiger partial charge in [-0.15, -0.1) is 0 Å². The summed E-state index contributed by atoms with van der Waals surface area (Å²) >= 11 is 11.9. The summed E-state index contributed by atoms with van der Waals surface area (Å²) in [5, 5.41) is 16.2. The van der Waals surface area contributed by atoms with Crippen molar-refractivity contribution in [3.63, 3.8) is 0 Å². The van der Waals surface area contributed by atoms with Crippen LogP contribution in [0.5, 0.6) is 0 Å². The number of nitrogens with one attached hydrogen (secondary N) is 2. The van der Waals surface area contributed by atoms with Crippen LogP contribution in [0.2, 0.25) is 10.2 Å². The molecule has 120 valence electrons. The fraction of sp³-hybridized carbons (Fsp3) is 0.643. The molecule has 0 radical (unpaired) electrons. The van der Waals surface area contributed by atoms with Gasteiger partial charge >= 0.3 is 6.03 Å². The summed E-state index contributed by atoms with van der Waals surface area (Å²) in [5.41, 5.74) is 0.806. The Morgan fingerprint density at radius 1 is 1.33 bits per heavy atom. The van der Waals surface area contributed by atoms with E-state index >= 15 is 0 Å². The van der Waals surface area contributed by atoms with E-state index in [0.29, 0.717) is 16.7 Å². The van der Waals surface area contributed by atoms with E-state index in [4.69, 9.17) is 23.2 Å². The monoisotopic (exact) mass is 335 g/mol. The molecule has 3 N–H and O–H groups in total. The molecule has 2 amide bonds. The van der Waals surface area contributed by atoms with E-state index < -0.39 is 6.10 Å². The smallest absolute Gasteiger partial charge is 0.315 e. The van der Waals surface area contributed by atoms with Crippen molar-refractivity contribution in [3.05, 3.63) is 21.9 Å². The van der Waals surface area contributed by atoms with E-state index in [1.54, 1.807) is 17.7 Å². The highest BCUT2D eigenvalue weighted by Gasteiger charge is 2.16. The van der Waals surface area contributed by atoms with Gasteiger partial charge in [0.05, 0.1) is 17.7 Å². The van der Waals surface area contributed by atoms with E-state index in [-0.39, 0.29) is 18.5 Å². The fourth-order valence-electron chi connectivity index (χ4n) is 2.19. The zero-order chi connectivity index (χ0) is 16.0. The topological polar surface area (TPSA) is 66.3 Å². The van der Waals surface area contributed by atoms with Crippen LogP contribution in [-0.4, -0.2) is 28.4 Å². The molecule has 0 spiro atoms. The number of carbonyl (C=O) groups is 1. The van der Waals surface area contributed by atoms with Crippen molar-refractivity contribution >= 4 is 29.2 Å². The highest BCUT2D eigenvalue weighted by atomic mass is 35.5. The van der Waals surface area contributed by atoms with Crippen LogP contribution >= 0.6 is 23.2 Å². The van der Waals surface area contributed by atoms with E-state index in [9.17, 15) is 9.90 Å². The second-order valence-electron chi connectivity index (χ2n) is 5.04. The maximum absolute atomic E-state index is 11.7. The molecule has 1 aromatic rings. The molecule has 1 heterocycles. The summed E-state index contributed by atoms with van der Waals surface area (Å²) in [6.07, 6.45) is 1.26. The third-order valence-corrected chi connectivity index (χ3v) is 4.55. The minimum atomic E-state index is -0.523.